The fourth-order valence-corrected chi connectivity index (χ4v) is 2.18. The number of benzene rings is 1. The first-order valence-electron chi connectivity index (χ1n) is 8.00. The molecule has 0 aliphatic heterocycles. The molecule has 1 N–H and O–H groups in total. The van der Waals surface area contributed by atoms with E-state index in [2.05, 4.69) is 57.3 Å². The molecule has 0 saturated carbocycles. The Bertz CT molecular complexity index is 591. The summed E-state index contributed by atoms with van der Waals surface area (Å²) in [6.45, 7) is 11.1. The van der Waals surface area contributed by atoms with Crippen molar-refractivity contribution < 1.29 is 4.74 Å². The number of hydrogen-bond acceptors (Lipinski definition) is 3. The van der Waals surface area contributed by atoms with Gasteiger partial charge in [-0.05, 0) is 55.3 Å². The van der Waals surface area contributed by atoms with Gasteiger partial charge in [0.15, 0.2) is 0 Å². The lowest BCUT2D eigenvalue weighted by Gasteiger charge is -2.10. The van der Waals surface area contributed by atoms with Crippen LogP contribution in [-0.2, 0) is 6.54 Å². The number of rotatable bonds is 7. The Labute approximate surface area is 133 Å². The van der Waals surface area contributed by atoms with Crippen LogP contribution in [0.25, 0.3) is 11.3 Å². The van der Waals surface area contributed by atoms with E-state index in [1.165, 1.54) is 5.56 Å². The third-order valence-electron chi connectivity index (χ3n) is 3.49. The second kappa shape index (κ2) is 7.95. The van der Waals surface area contributed by atoms with E-state index >= 15 is 0 Å². The van der Waals surface area contributed by atoms with Crippen molar-refractivity contribution in [1.82, 2.24) is 10.3 Å². The van der Waals surface area contributed by atoms with Crippen molar-refractivity contribution in [2.75, 3.05) is 13.2 Å². The zero-order valence-electron chi connectivity index (χ0n) is 14.0. The number of nitrogens with zero attached hydrogens (tertiary/aromatic N) is 1. The second-order valence-corrected chi connectivity index (χ2v) is 5.95. The van der Waals surface area contributed by atoms with Crippen molar-refractivity contribution in [1.29, 1.82) is 0 Å². The van der Waals surface area contributed by atoms with E-state index < -0.39 is 0 Å². The predicted molar refractivity (Wildman–Crippen MR) is 92.1 cm³/mol. The molecule has 2 aromatic rings. The highest BCUT2D eigenvalue weighted by Crippen LogP contribution is 2.22. The molecule has 0 aliphatic carbocycles. The van der Waals surface area contributed by atoms with E-state index in [0.717, 1.165) is 42.4 Å². The molecule has 1 aromatic heterocycles. The van der Waals surface area contributed by atoms with Crippen LogP contribution in [0.3, 0.4) is 0 Å². The van der Waals surface area contributed by atoms with E-state index in [9.17, 15) is 0 Å². The first-order chi connectivity index (χ1) is 10.6. The number of nitrogens with one attached hydrogen (secondary N) is 1. The minimum absolute atomic E-state index is 0.535. The molecule has 1 aromatic carbocycles. The molecular formula is C19H26N2O. The fourth-order valence-electron chi connectivity index (χ4n) is 2.18. The Kier molecular flexibility index (Phi) is 5.96. The standard InChI is InChI=1S/C19H26N2O/c1-5-20-12-17-8-11-19(21-15(17)4)16-6-9-18(10-7-16)22-13-14(2)3/h6-11,14,20H,5,12-13H2,1-4H3. The van der Waals surface area contributed by atoms with Gasteiger partial charge < -0.3 is 10.1 Å². The lowest BCUT2D eigenvalue weighted by atomic mass is 10.1. The number of ether oxygens (including phenoxy) is 1. The van der Waals surface area contributed by atoms with Crippen LogP contribution in [0.2, 0.25) is 0 Å². The van der Waals surface area contributed by atoms with Crippen molar-refractivity contribution in [2.24, 2.45) is 5.92 Å². The molecule has 0 unspecified atom stereocenters. The van der Waals surface area contributed by atoms with Gasteiger partial charge in [0.2, 0.25) is 0 Å². The fraction of sp³-hybridized carbons (Fsp3) is 0.421. The van der Waals surface area contributed by atoms with Gasteiger partial charge in [-0.25, -0.2) is 0 Å². The molecule has 3 heteroatoms. The minimum atomic E-state index is 0.535. The molecule has 2 rings (SSSR count). The Hall–Kier alpha value is -1.87. The molecule has 0 radical (unpaired) electrons. The first kappa shape index (κ1) is 16.5. The monoisotopic (exact) mass is 298 g/mol. The highest BCUT2D eigenvalue weighted by atomic mass is 16.5. The van der Waals surface area contributed by atoms with E-state index in [0.29, 0.717) is 5.92 Å². The van der Waals surface area contributed by atoms with Gasteiger partial charge in [0.05, 0.1) is 12.3 Å². The Morgan fingerprint density at radius 3 is 2.41 bits per heavy atom. The second-order valence-electron chi connectivity index (χ2n) is 5.95. The van der Waals surface area contributed by atoms with Crippen molar-refractivity contribution in [3.8, 4) is 17.0 Å². The van der Waals surface area contributed by atoms with E-state index in [-0.39, 0.29) is 0 Å². The summed E-state index contributed by atoms with van der Waals surface area (Å²) in [4.78, 5) is 4.72. The van der Waals surface area contributed by atoms with Gasteiger partial charge in [0.1, 0.15) is 5.75 Å². The van der Waals surface area contributed by atoms with Crippen molar-refractivity contribution >= 4 is 0 Å². The van der Waals surface area contributed by atoms with Gasteiger partial charge in [-0.3, -0.25) is 4.98 Å². The quantitative estimate of drug-likeness (QED) is 0.832. The van der Waals surface area contributed by atoms with Crippen LogP contribution in [0.15, 0.2) is 36.4 Å². The maximum absolute atomic E-state index is 5.72. The average molecular weight is 298 g/mol. The summed E-state index contributed by atoms with van der Waals surface area (Å²) in [6.07, 6.45) is 0. The topological polar surface area (TPSA) is 34.1 Å². The molecule has 3 nitrogen and oxygen atoms in total. The van der Waals surface area contributed by atoms with Gasteiger partial charge in [0.25, 0.3) is 0 Å². The lowest BCUT2D eigenvalue weighted by Crippen LogP contribution is -2.13. The van der Waals surface area contributed by atoms with E-state index in [1.54, 1.807) is 0 Å². The Morgan fingerprint density at radius 2 is 1.82 bits per heavy atom. The van der Waals surface area contributed by atoms with E-state index in [4.69, 9.17) is 9.72 Å². The summed E-state index contributed by atoms with van der Waals surface area (Å²) in [5, 5.41) is 3.34. The van der Waals surface area contributed by atoms with Crippen LogP contribution in [-0.4, -0.2) is 18.1 Å². The molecule has 0 fully saturated rings. The third kappa shape index (κ3) is 4.57. The van der Waals surface area contributed by atoms with E-state index in [1.807, 2.05) is 12.1 Å². The Balaban J connectivity index is 2.09. The number of aromatic nitrogens is 1. The smallest absolute Gasteiger partial charge is 0.119 e. The molecular weight excluding hydrogens is 272 g/mol. The van der Waals surface area contributed by atoms with Crippen molar-refractivity contribution in [2.45, 2.75) is 34.2 Å². The maximum atomic E-state index is 5.72. The summed E-state index contributed by atoms with van der Waals surface area (Å²) in [6, 6.07) is 12.4. The van der Waals surface area contributed by atoms with Gasteiger partial charge in [-0.1, -0.05) is 26.8 Å². The van der Waals surface area contributed by atoms with Crippen LogP contribution in [0.1, 0.15) is 32.0 Å². The van der Waals surface area contributed by atoms with Crippen LogP contribution in [0.5, 0.6) is 5.75 Å². The van der Waals surface area contributed by atoms with Gasteiger partial charge in [0, 0.05) is 17.8 Å². The Morgan fingerprint density at radius 1 is 1.09 bits per heavy atom. The molecule has 118 valence electrons. The number of hydrogen-bond donors (Lipinski definition) is 1. The highest BCUT2D eigenvalue weighted by Gasteiger charge is 2.05. The zero-order chi connectivity index (χ0) is 15.9. The molecule has 0 aliphatic rings. The van der Waals surface area contributed by atoms with Gasteiger partial charge >= 0.3 is 0 Å². The van der Waals surface area contributed by atoms with Crippen LogP contribution in [0.4, 0.5) is 0 Å². The summed E-state index contributed by atoms with van der Waals surface area (Å²) < 4.78 is 5.72. The van der Waals surface area contributed by atoms with Gasteiger partial charge in [-0.2, -0.15) is 0 Å². The molecule has 0 atom stereocenters. The number of aryl methyl sites for hydroxylation is 1. The average Bonchev–Trinajstić information content (AvgIpc) is 2.52. The van der Waals surface area contributed by atoms with Crippen LogP contribution >= 0.6 is 0 Å². The highest BCUT2D eigenvalue weighted by molar-refractivity contribution is 5.60. The maximum Gasteiger partial charge on any atom is 0.119 e. The summed E-state index contributed by atoms with van der Waals surface area (Å²) in [5.41, 5.74) is 4.46. The predicted octanol–water partition coefficient (Wildman–Crippen LogP) is 4.20. The normalized spacial score (nSPS) is 11.0. The molecule has 0 amide bonds. The SMILES string of the molecule is CCNCc1ccc(-c2ccc(OCC(C)C)cc2)nc1C. The third-order valence-corrected chi connectivity index (χ3v) is 3.49. The molecule has 0 bridgehead atoms. The van der Waals surface area contributed by atoms with Crippen molar-refractivity contribution in [3.05, 3.63) is 47.7 Å². The van der Waals surface area contributed by atoms with Crippen molar-refractivity contribution in [3.63, 3.8) is 0 Å². The molecule has 22 heavy (non-hydrogen) atoms. The number of pyridine rings is 1. The summed E-state index contributed by atoms with van der Waals surface area (Å²) in [5.74, 6) is 1.45. The summed E-state index contributed by atoms with van der Waals surface area (Å²) >= 11 is 0. The van der Waals surface area contributed by atoms with Crippen LogP contribution in [0, 0.1) is 12.8 Å². The molecule has 0 saturated heterocycles. The lowest BCUT2D eigenvalue weighted by molar-refractivity contribution is 0.271. The zero-order valence-corrected chi connectivity index (χ0v) is 14.0. The summed E-state index contributed by atoms with van der Waals surface area (Å²) in [7, 11) is 0. The molecule has 0 spiro atoms. The van der Waals surface area contributed by atoms with Gasteiger partial charge in [-0.15, -0.1) is 0 Å². The first-order valence-corrected chi connectivity index (χ1v) is 8.00. The van der Waals surface area contributed by atoms with Crippen LogP contribution < -0.4 is 10.1 Å². The molecule has 1 heterocycles. The minimum Gasteiger partial charge on any atom is -0.493 e. The largest absolute Gasteiger partial charge is 0.493 e.